The van der Waals surface area contributed by atoms with Gasteiger partial charge in [-0.3, -0.25) is 9.59 Å². The molecule has 1 aliphatic carbocycles. The van der Waals surface area contributed by atoms with Gasteiger partial charge in [0.25, 0.3) is 0 Å². The highest BCUT2D eigenvalue weighted by atomic mass is 32.2. The molecule has 1 heterocycles. The zero-order chi connectivity index (χ0) is 17.2. The number of allylic oxidation sites excluding steroid dienone is 2. The third kappa shape index (κ3) is 5.65. The van der Waals surface area contributed by atoms with Crippen molar-refractivity contribution in [3.63, 3.8) is 0 Å². The molecule has 1 saturated heterocycles. The van der Waals surface area contributed by atoms with E-state index >= 15 is 0 Å². The first-order valence-corrected chi connectivity index (χ1v) is 10.9. The van der Waals surface area contributed by atoms with Crippen molar-refractivity contribution >= 4 is 23.8 Å². The van der Waals surface area contributed by atoms with Crippen molar-refractivity contribution in [2.75, 3.05) is 5.75 Å². The molecule has 0 radical (unpaired) electrons. The van der Waals surface area contributed by atoms with Gasteiger partial charge in [0.15, 0.2) is 0 Å². The van der Waals surface area contributed by atoms with Crippen molar-refractivity contribution in [2.24, 2.45) is 11.8 Å². The maximum Gasteiger partial charge on any atom is 0.243 e. The Morgan fingerprint density at radius 2 is 1.29 bits per heavy atom. The van der Waals surface area contributed by atoms with Crippen LogP contribution < -0.4 is 0 Å². The second kappa shape index (κ2) is 11.0. The lowest BCUT2D eigenvalue weighted by atomic mass is 9.85. The molecule has 0 bridgehead atoms. The Kier molecular flexibility index (Phi) is 8.93. The van der Waals surface area contributed by atoms with E-state index in [9.17, 15) is 9.59 Å². The third-order valence-corrected chi connectivity index (χ3v) is 6.27. The molecule has 136 valence electrons. The first kappa shape index (κ1) is 19.6. The van der Waals surface area contributed by atoms with Crippen LogP contribution in [0.25, 0.3) is 0 Å². The molecule has 1 aliphatic heterocycles. The molecule has 2 amide bonds. The van der Waals surface area contributed by atoms with Gasteiger partial charge < -0.3 is 0 Å². The highest BCUT2D eigenvalue weighted by molar-refractivity contribution is 7.98. The van der Waals surface area contributed by atoms with Crippen molar-refractivity contribution < 1.29 is 9.59 Å². The zero-order valence-corrected chi connectivity index (χ0v) is 16.0. The first-order chi connectivity index (χ1) is 11.8. The van der Waals surface area contributed by atoms with Crippen LogP contribution in [-0.4, -0.2) is 21.9 Å². The number of amides is 2. The van der Waals surface area contributed by atoms with Gasteiger partial charge in [0.2, 0.25) is 11.8 Å². The van der Waals surface area contributed by atoms with Gasteiger partial charge in [-0.05, 0) is 31.2 Å². The molecule has 0 aromatic rings. The summed E-state index contributed by atoms with van der Waals surface area (Å²) in [5, 5.41) is 0. The highest BCUT2D eigenvalue weighted by Crippen LogP contribution is 2.38. The van der Waals surface area contributed by atoms with Crippen LogP contribution in [0.1, 0.15) is 84.0 Å². The van der Waals surface area contributed by atoms with Crippen LogP contribution in [0, 0.1) is 11.8 Å². The minimum absolute atomic E-state index is 0.0476. The fourth-order valence-corrected chi connectivity index (χ4v) is 4.68. The number of carbonyl (C=O) groups excluding carboxylic acids is 2. The average molecular weight is 352 g/mol. The maximum atomic E-state index is 12.3. The minimum Gasteiger partial charge on any atom is -0.273 e. The second-order valence-corrected chi connectivity index (χ2v) is 8.17. The van der Waals surface area contributed by atoms with E-state index in [0.29, 0.717) is 0 Å². The van der Waals surface area contributed by atoms with Gasteiger partial charge in [-0.1, -0.05) is 76.9 Å². The molecule has 0 aromatic heterocycles. The summed E-state index contributed by atoms with van der Waals surface area (Å²) in [5.41, 5.74) is 0. The maximum absolute atomic E-state index is 12.3. The Balaban J connectivity index is 1.49. The number of unbranched alkanes of at least 4 members (excludes halogenated alkanes) is 9. The van der Waals surface area contributed by atoms with Crippen LogP contribution in [-0.2, 0) is 9.59 Å². The number of carbonyl (C=O) groups is 2. The summed E-state index contributed by atoms with van der Waals surface area (Å²) in [5.74, 6) is 0.823. The van der Waals surface area contributed by atoms with Gasteiger partial charge in [-0.25, -0.2) is 4.31 Å². The summed E-state index contributed by atoms with van der Waals surface area (Å²) >= 11 is 1.45. The fraction of sp³-hybridized carbons (Fsp3) is 0.800. The van der Waals surface area contributed by atoms with E-state index in [1.165, 1.54) is 74.0 Å². The Morgan fingerprint density at radius 3 is 1.79 bits per heavy atom. The normalized spacial score (nSPS) is 23.1. The van der Waals surface area contributed by atoms with E-state index in [-0.39, 0.29) is 23.7 Å². The molecule has 0 N–H and O–H groups in total. The third-order valence-electron chi connectivity index (χ3n) is 5.19. The van der Waals surface area contributed by atoms with Crippen LogP contribution in [0.2, 0.25) is 0 Å². The number of rotatable bonds is 12. The molecule has 3 nitrogen and oxygen atoms in total. The van der Waals surface area contributed by atoms with Gasteiger partial charge in [0.1, 0.15) is 0 Å². The predicted octanol–water partition coefficient (Wildman–Crippen LogP) is 5.51. The average Bonchev–Trinajstić information content (AvgIpc) is 2.84. The summed E-state index contributed by atoms with van der Waals surface area (Å²) in [7, 11) is 0. The summed E-state index contributed by atoms with van der Waals surface area (Å²) in [6.45, 7) is 2.26. The van der Waals surface area contributed by atoms with Gasteiger partial charge >= 0.3 is 0 Å². The van der Waals surface area contributed by atoms with Gasteiger partial charge in [0.05, 0.1) is 11.8 Å². The quantitative estimate of drug-likeness (QED) is 0.201. The molecule has 24 heavy (non-hydrogen) atoms. The van der Waals surface area contributed by atoms with Crippen molar-refractivity contribution in [3.05, 3.63) is 12.2 Å². The standard InChI is InChI=1S/C20H33NO2S/c1-2-3-4-5-6-7-8-9-10-13-16-24-21-19(22)17-14-11-12-15-18(17)20(21)23/h11-12,17-18H,2-10,13-16H2,1H3. The summed E-state index contributed by atoms with van der Waals surface area (Å²) in [4.78, 5) is 24.6. The summed E-state index contributed by atoms with van der Waals surface area (Å²) in [6, 6.07) is 0. The summed E-state index contributed by atoms with van der Waals surface area (Å²) < 4.78 is 1.47. The highest BCUT2D eigenvalue weighted by Gasteiger charge is 2.47. The van der Waals surface area contributed by atoms with Crippen molar-refractivity contribution in [1.82, 2.24) is 4.31 Å². The topological polar surface area (TPSA) is 37.4 Å². The lowest BCUT2D eigenvalue weighted by Crippen LogP contribution is -2.24. The van der Waals surface area contributed by atoms with Gasteiger partial charge in [0, 0.05) is 5.75 Å². The Bertz CT molecular complexity index is 409. The number of fused-ring (bicyclic) bond motifs is 1. The van der Waals surface area contributed by atoms with Gasteiger partial charge in [-0.2, -0.15) is 0 Å². The Hall–Kier alpha value is -0.770. The number of hydrogen-bond donors (Lipinski definition) is 0. The molecule has 2 unspecified atom stereocenters. The van der Waals surface area contributed by atoms with E-state index in [1.807, 2.05) is 12.2 Å². The molecule has 2 aliphatic rings. The van der Waals surface area contributed by atoms with Crippen LogP contribution in [0.4, 0.5) is 0 Å². The number of nitrogens with zero attached hydrogens (tertiary/aromatic N) is 1. The minimum atomic E-state index is -0.0808. The second-order valence-electron chi connectivity index (χ2n) is 7.14. The van der Waals surface area contributed by atoms with E-state index < -0.39 is 0 Å². The van der Waals surface area contributed by atoms with Crippen molar-refractivity contribution in [2.45, 2.75) is 84.0 Å². The van der Waals surface area contributed by atoms with E-state index in [1.54, 1.807) is 0 Å². The van der Waals surface area contributed by atoms with Crippen LogP contribution >= 0.6 is 11.9 Å². The molecule has 2 rings (SSSR count). The van der Waals surface area contributed by atoms with Crippen LogP contribution in [0.5, 0.6) is 0 Å². The molecular weight excluding hydrogens is 318 g/mol. The smallest absolute Gasteiger partial charge is 0.243 e. The lowest BCUT2D eigenvalue weighted by Gasteiger charge is -2.14. The van der Waals surface area contributed by atoms with E-state index in [2.05, 4.69) is 6.92 Å². The van der Waals surface area contributed by atoms with E-state index in [4.69, 9.17) is 0 Å². The molecule has 0 spiro atoms. The van der Waals surface area contributed by atoms with Crippen LogP contribution in [0.15, 0.2) is 12.2 Å². The molecule has 2 atom stereocenters. The van der Waals surface area contributed by atoms with E-state index in [0.717, 1.165) is 25.0 Å². The molecule has 0 aromatic carbocycles. The summed E-state index contributed by atoms with van der Waals surface area (Å²) in [6.07, 6.45) is 18.7. The molecule has 1 fully saturated rings. The lowest BCUT2D eigenvalue weighted by molar-refractivity contribution is -0.133. The Labute approximate surface area is 151 Å². The molecule has 0 saturated carbocycles. The number of imide groups is 1. The van der Waals surface area contributed by atoms with Crippen molar-refractivity contribution in [1.29, 1.82) is 0 Å². The van der Waals surface area contributed by atoms with Crippen molar-refractivity contribution in [3.8, 4) is 0 Å². The monoisotopic (exact) mass is 351 g/mol. The first-order valence-electron chi connectivity index (χ1n) is 9.91. The van der Waals surface area contributed by atoms with Crippen LogP contribution in [0.3, 0.4) is 0 Å². The number of hydrogen-bond acceptors (Lipinski definition) is 3. The predicted molar refractivity (Wildman–Crippen MR) is 102 cm³/mol. The molecule has 4 heteroatoms. The zero-order valence-electron chi connectivity index (χ0n) is 15.2. The van der Waals surface area contributed by atoms with Gasteiger partial charge in [-0.15, -0.1) is 0 Å². The Morgan fingerprint density at radius 1 is 0.833 bits per heavy atom. The molecular formula is C20H33NO2S. The largest absolute Gasteiger partial charge is 0.273 e. The SMILES string of the molecule is CCCCCCCCCCCCSN1C(=O)C2CC=CCC2C1=O. The fourth-order valence-electron chi connectivity index (χ4n) is 3.64.